The van der Waals surface area contributed by atoms with E-state index in [1.54, 1.807) is 0 Å². The van der Waals surface area contributed by atoms with Crippen molar-refractivity contribution in [2.75, 3.05) is 0 Å². The molecule has 0 amide bonds. The van der Waals surface area contributed by atoms with Crippen molar-refractivity contribution in [3.8, 4) is 0 Å². The smallest absolute Gasteiger partial charge is 0.114 e. The van der Waals surface area contributed by atoms with Gasteiger partial charge in [-0.15, -0.1) is 0 Å². The second kappa shape index (κ2) is 4.08. The highest BCUT2D eigenvalue weighted by Gasteiger charge is 2.35. The van der Waals surface area contributed by atoms with Gasteiger partial charge in [-0.2, -0.15) is 0 Å². The summed E-state index contributed by atoms with van der Waals surface area (Å²) >= 11 is 2.99. The molecular formula is C6H8BrN3O3. The zero-order valence-corrected chi connectivity index (χ0v) is 8.03. The van der Waals surface area contributed by atoms with Gasteiger partial charge in [-0.05, 0) is 5.53 Å². The monoisotopic (exact) mass is 249 g/mol. The van der Waals surface area contributed by atoms with Crippen molar-refractivity contribution >= 4 is 15.9 Å². The van der Waals surface area contributed by atoms with Crippen molar-refractivity contribution in [1.29, 1.82) is 0 Å². The Hall–Kier alpha value is -0.590. The topological polar surface area (TPSA) is 109 Å². The lowest BCUT2D eigenvalue weighted by molar-refractivity contribution is -0.0529. The normalized spacial score (nSPS) is 39.2. The average molecular weight is 250 g/mol. The van der Waals surface area contributed by atoms with Crippen LogP contribution in [0.1, 0.15) is 0 Å². The van der Waals surface area contributed by atoms with Crippen molar-refractivity contribution < 1.29 is 15.3 Å². The predicted octanol–water partition coefficient (Wildman–Crippen LogP) is 0.0404. The SMILES string of the molecule is [N-]=[N+]=N[C@@H]1C=C(Br)[C@@H](O)[C@@H](O)[C@H]1O. The van der Waals surface area contributed by atoms with Gasteiger partial charge in [-0.1, -0.05) is 27.1 Å². The Morgan fingerprint density at radius 1 is 1.38 bits per heavy atom. The van der Waals surface area contributed by atoms with Gasteiger partial charge >= 0.3 is 0 Å². The maximum absolute atomic E-state index is 9.32. The van der Waals surface area contributed by atoms with Gasteiger partial charge in [0.15, 0.2) is 0 Å². The van der Waals surface area contributed by atoms with Crippen molar-refractivity contribution in [3.63, 3.8) is 0 Å². The number of aliphatic hydroxyl groups excluding tert-OH is 3. The summed E-state index contributed by atoms with van der Waals surface area (Å²) in [5, 5.41) is 31.1. The van der Waals surface area contributed by atoms with Gasteiger partial charge in [0.1, 0.15) is 12.2 Å². The maximum atomic E-state index is 9.32. The van der Waals surface area contributed by atoms with E-state index in [-0.39, 0.29) is 0 Å². The molecule has 3 N–H and O–H groups in total. The zero-order valence-electron chi connectivity index (χ0n) is 6.45. The van der Waals surface area contributed by atoms with Gasteiger partial charge in [-0.3, -0.25) is 0 Å². The van der Waals surface area contributed by atoms with E-state index in [1.165, 1.54) is 6.08 Å². The van der Waals surface area contributed by atoms with E-state index in [0.29, 0.717) is 4.48 Å². The highest BCUT2D eigenvalue weighted by molar-refractivity contribution is 9.11. The Morgan fingerprint density at radius 3 is 2.54 bits per heavy atom. The minimum Gasteiger partial charge on any atom is -0.390 e. The molecule has 0 saturated carbocycles. The van der Waals surface area contributed by atoms with E-state index in [2.05, 4.69) is 26.0 Å². The molecule has 0 aromatic rings. The molecule has 0 fully saturated rings. The van der Waals surface area contributed by atoms with Crippen LogP contribution in [0.25, 0.3) is 10.4 Å². The van der Waals surface area contributed by atoms with Crippen LogP contribution in [0, 0.1) is 0 Å². The fourth-order valence-corrected chi connectivity index (χ4v) is 1.62. The van der Waals surface area contributed by atoms with Crippen molar-refractivity contribution in [3.05, 3.63) is 21.0 Å². The molecule has 0 radical (unpaired) electrons. The van der Waals surface area contributed by atoms with Crippen LogP contribution in [0.2, 0.25) is 0 Å². The molecule has 0 aromatic heterocycles. The number of aliphatic hydroxyl groups is 3. The lowest BCUT2D eigenvalue weighted by atomic mass is 9.95. The van der Waals surface area contributed by atoms with Crippen molar-refractivity contribution in [2.45, 2.75) is 24.4 Å². The minimum absolute atomic E-state index is 0.308. The van der Waals surface area contributed by atoms with Crippen LogP contribution in [-0.4, -0.2) is 39.7 Å². The molecule has 0 spiro atoms. The molecule has 0 bridgehead atoms. The first-order valence-electron chi connectivity index (χ1n) is 3.53. The molecule has 7 heteroatoms. The van der Waals surface area contributed by atoms with E-state index >= 15 is 0 Å². The molecule has 0 aliphatic heterocycles. The van der Waals surface area contributed by atoms with Gasteiger partial charge in [0, 0.05) is 9.39 Å². The number of rotatable bonds is 1. The lowest BCUT2D eigenvalue weighted by Gasteiger charge is -2.30. The number of halogens is 1. The second-order valence-electron chi connectivity index (χ2n) is 2.67. The first-order valence-corrected chi connectivity index (χ1v) is 4.33. The number of azide groups is 1. The first-order chi connectivity index (χ1) is 6.07. The highest BCUT2D eigenvalue weighted by atomic mass is 79.9. The summed E-state index contributed by atoms with van der Waals surface area (Å²) in [6.07, 6.45) is -2.41. The standard InChI is InChI=1S/C6H8BrN3O3/c7-2-1-3(9-10-8)5(12)6(13)4(2)11/h1,3-6,11-13H/t3-,4-,5+,6-/m1/s1. The van der Waals surface area contributed by atoms with E-state index < -0.39 is 24.4 Å². The van der Waals surface area contributed by atoms with Crippen LogP contribution in [0.3, 0.4) is 0 Å². The highest BCUT2D eigenvalue weighted by Crippen LogP contribution is 2.25. The molecule has 0 aromatic carbocycles. The Kier molecular flexibility index (Phi) is 3.29. The van der Waals surface area contributed by atoms with E-state index in [4.69, 9.17) is 5.53 Å². The first kappa shape index (κ1) is 10.5. The third kappa shape index (κ3) is 2.01. The predicted molar refractivity (Wildman–Crippen MR) is 48.0 cm³/mol. The van der Waals surface area contributed by atoms with Gasteiger partial charge in [-0.25, -0.2) is 0 Å². The summed E-state index contributed by atoms with van der Waals surface area (Å²) < 4.78 is 0.308. The minimum atomic E-state index is -1.34. The summed E-state index contributed by atoms with van der Waals surface area (Å²) in [6, 6.07) is -0.849. The van der Waals surface area contributed by atoms with Crippen LogP contribution in [0.15, 0.2) is 15.7 Å². The van der Waals surface area contributed by atoms with Gasteiger partial charge in [0.2, 0.25) is 0 Å². The summed E-state index contributed by atoms with van der Waals surface area (Å²) in [6.45, 7) is 0. The second-order valence-corrected chi connectivity index (χ2v) is 3.59. The van der Waals surface area contributed by atoms with Crippen molar-refractivity contribution in [2.24, 2.45) is 5.11 Å². The Morgan fingerprint density at radius 2 is 2.00 bits per heavy atom. The van der Waals surface area contributed by atoms with Gasteiger partial charge in [0.05, 0.1) is 12.1 Å². The van der Waals surface area contributed by atoms with E-state index in [9.17, 15) is 15.3 Å². The molecule has 0 heterocycles. The summed E-state index contributed by atoms with van der Waals surface area (Å²) in [5.74, 6) is 0. The maximum Gasteiger partial charge on any atom is 0.114 e. The lowest BCUT2D eigenvalue weighted by Crippen LogP contribution is -2.46. The Bertz CT molecular complexity index is 276. The van der Waals surface area contributed by atoms with Crippen LogP contribution >= 0.6 is 15.9 Å². The fraction of sp³-hybridized carbons (Fsp3) is 0.667. The molecule has 4 atom stereocenters. The molecular weight excluding hydrogens is 242 g/mol. The van der Waals surface area contributed by atoms with E-state index in [1.807, 2.05) is 0 Å². The third-order valence-corrected chi connectivity index (χ3v) is 2.55. The summed E-state index contributed by atoms with van der Waals surface area (Å²) in [7, 11) is 0. The largest absolute Gasteiger partial charge is 0.390 e. The molecule has 6 nitrogen and oxygen atoms in total. The van der Waals surface area contributed by atoms with Gasteiger partial charge in [0.25, 0.3) is 0 Å². The number of hydrogen-bond donors (Lipinski definition) is 3. The molecule has 0 unspecified atom stereocenters. The molecule has 13 heavy (non-hydrogen) atoms. The number of nitrogens with zero attached hydrogens (tertiary/aromatic N) is 3. The Balaban J connectivity index is 2.95. The van der Waals surface area contributed by atoms with Crippen LogP contribution < -0.4 is 0 Å². The molecule has 1 rings (SSSR count). The third-order valence-electron chi connectivity index (χ3n) is 1.82. The van der Waals surface area contributed by atoms with Crippen LogP contribution in [0.5, 0.6) is 0 Å². The average Bonchev–Trinajstić information content (AvgIpc) is 2.11. The van der Waals surface area contributed by atoms with Crippen molar-refractivity contribution in [1.82, 2.24) is 0 Å². The van der Waals surface area contributed by atoms with E-state index in [0.717, 1.165) is 0 Å². The zero-order chi connectivity index (χ0) is 10.0. The summed E-state index contributed by atoms with van der Waals surface area (Å²) in [4.78, 5) is 2.51. The molecule has 1 aliphatic rings. The quantitative estimate of drug-likeness (QED) is 0.347. The molecule has 0 saturated heterocycles. The molecule has 72 valence electrons. The fourth-order valence-electron chi connectivity index (χ4n) is 1.07. The Labute approximate surface area is 82.3 Å². The van der Waals surface area contributed by atoms with Crippen LogP contribution in [-0.2, 0) is 0 Å². The van der Waals surface area contributed by atoms with Crippen LogP contribution in [0.4, 0.5) is 0 Å². The number of hydrogen-bond acceptors (Lipinski definition) is 4. The van der Waals surface area contributed by atoms with Gasteiger partial charge < -0.3 is 15.3 Å². The summed E-state index contributed by atoms with van der Waals surface area (Å²) in [5.41, 5.74) is 8.13. The molecule has 1 aliphatic carbocycles.